The Morgan fingerprint density at radius 3 is 2.75 bits per heavy atom. The molecule has 0 radical (unpaired) electrons. The van der Waals surface area contributed by atoms with Gasteiger partial charge in [0.25, 0.3) is 11.9 Å². The van der Waals surface area contributed by atoms with Crippen molar-refractivity contribution >= 4 is 40.3 Å². The first-order valence-electron chi connectivity index (χ1n) is 8.40. The van der Waals surface area contributed by atoms with Crippen LogP contribution in [0.25, 0.3) is 11.1 Å². The predicted molar refractivity (Wildman–Crippen MR) is 106 cm³/mol. The molecule has 0 bridgehead atoms. The van der Waals surface area contributed by atoms with Crippen molar-refractivity contribution in [1.29, 1.82) is 0 Å². The van der Waals surface area contributed by atoms with Crippen LogP contribution in [0, 0.1) is 0 Å². The highest BCUT2D eigenvalue weighted by Crippen LogP contribution is 2.30. The molecule has 0 spiro atoms. The van der Waals surface area contributed by atoms with Crippen molar-refractivity contribution in [3.63, 3.8) is 0 Å². The lowest BCUT2D eigenvalue weighted by Gasteiger charge is -2.06. The number of anilines is 2. The first-order chi connectivity index (χ1) is 13.6. The second-order valence-electron chi connectivity index (χ2n) is 5.81. The van der Waals surface area contributed by atoms with Gasteiger partial charge >= 0.3 is 0 Å². The summed E-state index contributed by atoms with van der Waals surface area (Å²) in [5.41, 5.74) is 2.19. The lowest BCUT2D eigenvalue weighted by molar-refractivity contribution is 0.0958. The molecule has 0 unspecified atom stereocenters. The molecule has 2 aromatic heterocycles. The zero-order chi connectivity index (χ0) is 19.5. The van der Waals surface area contributed by atoms with Crippen LogP contribution in [0.3, 0.4) is 0 Å². The second kappa shape index (κ2) is 7.58. The molecule has 2 N–H and O–H groups in total. The molecule has 0 saturated heterocycles. The van der Waals surface area contributed by atoms with Crippen LogP contribution in [-0.2, 0) is 0 Å². The van der Waals surface area contributed by atoms with Crippen molar-refractivity contribution in [2.45, 2.75) is 0 Å². The van der Waals surface area contributed by atoms with Crippen LogP contribution in [0.1, 0.15) is 10.5 Å². The maximum absolute atomic E-state index is 11.7. The summed E-state index contributed by atoms with van der Waals surface area (Å²) < 4.78 is 11.5. The van der Waals surface area contributed by atoms with Crippen LogP contribution in [0.5, 0.6) is 11.5 Å². The highest BCUT2D eigenvalue weighted by atomic mass is 35.5. The lowest BCUT2D eigenvalue weighted by Crippen LogP contribution is -2.18. The Hall–Kier alpha value is -3.58. The molecule has 7 nitrogen and oxygen atoms in total. The Balaban J connectivity index is 1.57. The Labute approximate surface area is 165 Å². The lowest BCUT2D eigenvalue weighted by atomic mass is 10.3. The number of ether oxygens (including phenoxy) is 1. The molecule has 1 amide bonds. The van der Waals surface area contributed by atoms with Crippen LogP contribution in [0.15, 0.2) is 65.2 Å². The maximum atomic E-state index is 11.7. The fourth-order valence-corrected chi connectivity index (χ4v) is 2.75. The summed E-state index contributed by atoms with van der Waals surface area (Å²) in [6.45, 7) is 0. The number of aromatic nitrogens is 2. The van der Waals surface area contributed by atoms with Gasteiger partial charge in [-0.1, -0.05) is 23.7 Å². The minimum atomic E-state index is -0.285. The van der Waals surface area contributed by atoms with E-state index in [1.807, 2.05) is 18.2 Å². The number of amides is 1. The topological polar surface area (TPSA) is 89.3 Å². The molecule has 4 rings (SSSR count). The number of hydrogen-bond acceptors (Lipinski definition) is 6. The van der Waals surface area contributed by atoms with Crippen LogP contribution < -0.4 is 15.4 Å². The summed E-state index contributed by atoms with van der Waals surface area (Å²) in [4.78, 5) is 20.1. The van der Waals surface area contributed by atoms with E-state index in [1.165, 1.54) is 6.20 Å². The molecule has 140 valence electrons. The van der Waals surface area contributed by atoms with Crippen molar-refractivity contribution in [2.24, 2.45) is 0 Å². The number of rotatable bonds is 5. The van der Waals surface area contributed by atoms with Crippen molar-refractivity contribution < 1.29 is 13.9 Å². The summed E-state index contributed by atoms with van der Waals surface area (Å²) in [7, 11) is 1.55. The SMILES string of the molecule is CNC(=O)c1cc(Oc2ccc3oc(Nc4ccccc4Cl)nc3c2)ccn1. The van der Waals surface area contributed by atoms with E-state index in [2.05, 4.69) is 20.6 Å². The Morgan fingerprint density at radius 2 is 1.93 bits per heavy atom. The summed E-state index contributed by atoms with van der Waals surface area (Å²) >= 11 is 6.15. The summed E-state index contributed by atoms with van der Waals surface area (Å²) in [6.07, 6.45) is 1.51. The largest absolute Gasteiger partial charge is 0.457 e. The number of carbonyl (C=O) groups is 1. The number of nitrogens with zero attached hydrogens (tertiary/aromatic N) is 2. The van der Waals surface area contributed by atoms with Crippen molar-refractivity contribution in [3.05, 3.63) is 71.5 Å². The number of hydrogen-bond donors (Lipinski definition) is 2. The van der Waals surface area contributed by atoms with E-state index in [1.54, 1.807) is 43.4 Å². The van der Waals surface area contributed by atoms with Crippen LogP contribution in [0.4, 0.5) is 11.7 Å². The van der Waals surface area contributed by atoms with Crippen molar-refractivity contribution in [2.75, 3.05) is 12.4 Å². The average molecular weight is 395 g/mol. The van der Waals surface area contributed by atoms with E-state index in [-0.39, 0.29) is 11.6 Å². The van der Waals surface area contributed by atoms with E-state index < -0.39 is 0 Å². The minimum absolute atomic E-state index is 0.272. The number of pyridine rings is 1. The van der Waals surface area contributed by atoms with Gasteiger partial charge in [-0.3, -0.25) is 9.78 Å². The van der Waals surface area contributed by atoms with Crippen LogP contribution in [-0.4, -0.2) is 22.9 Å². The molecule has 4 aromatic rings. The third-order valence-electron chi connectivity index (χ3n) is 3.90. The normalized spacial score (nSPS) is 10.6. The molecule has 0 aliphatic heterocycles. The Kier molecular flexibility index (Phi) is 4.82. The molecule has 0 atom stereocenters. The molecule has 0 aliphatic carbocycles. The van der Waals surface area contributed by atoms with Gasteiger partial charge in [0.05, 0.1) is 10.7 Å². The summed E-state index contributed by atoms with van der Waals surface area (Å²) in [6, 6.07) is 16.1. The quantitative estimate of drug-likeness (QED) is 0.506. The van der Waals surface area contributed by atoms with Crippen molar-refractivity contribution in [3.8, 4) is 11.5 Å². The second-order valence-corrected chi connectivity index (χ2v) is 6.22. The molecule has 0 saturated carbocycles. The van der Waals surface area contributed by atoms with E-state index in [4.69, 9.17) is 20.8 Å². The van der Waals surface area contributed by atoms with Gasteiger partial charge in [-0.2, -0.15) is 4.98 Å². The monoisotopic (exact) mass is 394 g/mol. The smallest absolute Gasteiger partial charge is 0.300 e. The molecule has 28 heavy (non-hydrogen) atoms. The molecule has 8 heteroatoms. The van der Waals surface area contributed by atoms with Gasteiger partial charge in [0.1, 0.15) is 22.7 Å². The van der Waals surface area contributed by atoms with Crippen LogP contribution >= 0.6 is 11.6 Å². The molecule has 2 heterocycles. The zero-order valence-corrected chi connectivity index (χ0v) is 15.5. The molecule has 0 fully saturated rings. The number of benzene rings is 2. The van der Waals surface area contributed by atoms with E-state index in [9.17, 15) is 4.79 Å². The highest BCUT2D eigenvalue weighted by Gasteiger charge is 2.10. The van der Waals surface area contributed by atoms with Crippen LogP contribution in [0.2, 0.25) is 5.02 Å². The third kappa shape index (κ3) is 3.74. The van der Waals surface area contributed by atoms with Gasteiger partial charge in [0, 0.05) is 25.4 Å². The van der Waals surface area contributed by atoms with E-state index >= 15 is 0 Å². The third-order valence-corrected chi connectivity index (χ3v) is 4.23. The predicted octanol–water partition coefficient (Wildman–Crippen LogP) is 4.77. The standard InChI is InChI=1S/C20H15ClN4O3/c1-22-19(26)17-11-13(8-9-23-17)27-12-6-7-18-16(10-12)25-20(28-18)24-15-5-3-2-4-14(15)21/h2-11H,1H3,(H,22,26)(H,24,25). The Bertz CT molecular complexity index is 1160. The number of nitrogens with one attached hydrogen (secondary N) is 2. The van der Waals surface area contributed by atoms with Gasteiger partial charge in [-0.15, -0.1) is 0 Å². The molecule has 2 aromatic carbocycles. The number of carbonyl (C=O) groups excluding carboxylic acids is 1. The van der Waals surface area contributed by atoms with E-state index in [0.717, 1.165) is 0 Å². The number of halogens is 1. The minimum Gasteiger partial charge on any atom is -0.457 e. The average Bonchev–Trinajstić information content (AvgIpc) is 3.11. The fraction of sp³-hybridized carbons (Fsp3) is 0.0500. The zero-order valence-electron chi connectivity index (χ0n) is 14.8. The number of oxazole rings is 1. The van der Waals surface area contributed by atoms with Gasteiger partial charge in [-0.25, -0.2) is 0 Å². The number of para-hydroxylation sites is 1. The number of fused-ring (bicyclic) bond motifs is 1. The van der Waals surface area contributed by atoms with Gasteiger partial charge in [0.15, 0.2) is 5.58 Å². The molecule has 0 aliphatic rings. The maximum Gasteiger partial charge on any atom is 0.300 e. The van der Waals surface area contributed by atoms with Gasteiger partial charge in [0.2, 0.25) is 0 Å². The van der Waals surface area contributed by atoms with Crippen molar-refractivity contribution in [1.82, 2.24) is 15.3 Å². The summed E-state index contributed by atoms with van der Waals surface area (Å²) in [5, 5.41) is 6.15. The first kappa shape index (κ1) is 17.8. The molecular weight excluding hydrogens is 380 g/mol. The first-order valence-corrected chi connectivity index (χ1v) is 8.78. The van der Waals surface area contributed by atoms with E-state index in [0.29, 0.717) is 39.3 Å². The molecular formula is C20H15ClN4O3. The van der Waals surface area contributed by atoms with Gasteiger partial charge < -0.3 is 19.8 Å². The highest BCUT2D eigenvalue weighted by molar-refractivity contribution is 6.33. The summed E-state index contributed by atoms with van der Waals surface area (Å²) in [5.74, 6) is 0.762. The van der Waals surface area contributed by atoms with Gasteiger partial charge in [-0.05, 0) is 30.3 Å². The fourth-order valence-electron chi connectivity index (χ4n) is 2.56. The Morgan fingerprint density at radius 1 is 1.11 bits per heavy atom.